The normalized spacial score (nSPS) is 25.7. The van der Waals surface area contributed by atoms with E-state index >= 15 is 0 Å². The largest absolute Gasteiger partial charge is 0.338 e. The average Bonchev–Trinajstić information content (AvgIpc) is 2.67. The molecule has 108 valence electrons. The molecule has 19 heavy (non-hydrogen) atoms. The summed E-state index contributed by atoms with van der Waals surface area (Å²) in [7, 11) is 2.08. The minimum absolute atomic E-state index is 0.617. The van der Waals surface area contributed by atoms with Crippen LogP contribution in [-0.2, 0) is 13.5 Å². The second-order valence-corrected chi connectivity index (χ2v) is 6.14. The standard InChI is InChI=1S/C15H28N4/c1-12(2)14-11-19(13(3)5-7-16-14)9-6-15-17-8-10-18(15)4/h8,10,12-14,16H,5-7,9,11H2,1-4H3. The Morgan fingerprint density at radius 3 is 2.89 bits per heavy atom. The van der Waals surface area contributed by atoms with Crippen LogP contribution >= 0.6 is 0 Å². The number of hydrogen-bond donors (Lipinski definition) is 1. The highest BCUT2D eigenvalue weighted by Gasteiger charge is 2.24. The second-order valence-electron chi connectivity index (χ2n) is 6.14. The van der Waals surface area contributed by atoms with Crippen molar-refractivity contribution in [2.75, 3.05) is 19.6 Å². The Labute approximate surface area is 117 Å². The minimum Gasteiger partial charge on any atom is -0.338 e. The fourth-order valence-electron chi connectivity index (χ4n) is 2.80. The maximum absolute atomic E-state index is 4.42. The van der Waals surface area contributed by atoms with Crippen molar-refractivity contribution in [1.29, 1.82) is 0 Å². The van der Waals surface area contributed by atoms with E-state index < -0.39 is 0 Å². The smallest absolute Gasteiger partial charge is 0.109 e. The number of nitrogens with one attached hydrogen (secondary N) is 1. The van der Waals surface area contributed by atoms with Gasteiger partial charge in [-0.25, -0.2) is 4.98 Å². The van der Waals surface area contributed by atoms with Crippen LogP contribution in [-0.4, -0.2) is 46.2 Å². The van der Waals surface area contributed by atoms with Crippen molar-refractivity contribution in [3.63, 3.8) is 0 Å². The van der Waals surface area contributed by atoms with E-state index in [4.69, 9.17) is 0 Å². The van der Waals surface area contributed by atoms with E-state index in [1.807, 2.05) is 12.4 Å². The molecule has 1 aliphatic rings. The number of imidazole rings is 1. The van der Waals surface area contributed by atoms with E-state index in [1.165, 1.54) is 12.2 Å². The highest BCUT2D eigenvalue weighted by molar-refractivity contribution is 4.93. The quantitative estimate of drug-likeness (QED) is 0.898. The van der Waals surface area contributed by atoms with Gasteiger partial charge in [-0.3, -0.25) is 4.90 Å². The molecule has 2 heterocycles. The maximum Gasteiger partial charge on any atom is 0.109 e. The number of nitrogens with zero attached hydrogens (tertiary/aromatic N) is 3. The molecular weight excluding hydrogens is 236 g/mol. The predicted molar refractivity (Wildman–Crippen MR) is 79.2 cm³/mol. The summed E-state index contributed by atoms with van der Waals surface area (Å²) < 4.78 is 2.13. The molecule has 2 rings (SSSR count). The van der Waals surface area contributed by atoms with Crippen LogP contribution < -0.4 is 5.32 Å². The molecule has 0 amide bonds. The zero-order valence-corrected chi connectivity index (χ0v) is 12.8. The van der Waals surface area contributed by atoms with Gasteiger partial charge >= 0.3 is 0 Å². The van der Waals surface area contributed by atoms with E-state index in [2.05, 4.69) is 47.6 Å². The van der Waals surface area contributed by atoms with E-state index in [1.54, 1.807) is 0 Å². The third-order valence-corrected chi connectivity index (χ3v) is 4.37. The van der Waals surface area contributed by atoms with Gasteiger partial charge < -0.3 is 9.88 Å². The first-order valence-corrected chi connectivity index (χ1v) is 7.51. The molecular formula is C15H28N4. The van der Waals surface area contributed by atoms with Crippen molar-refractivity contribution in [3.8, 4) is 0 Å². The first-order valence-electron chi connectivity index (χ1n) is 7.51. The van der Waals surface area contributed by atoms with Crippen molar-refractivity contribution in [2.45, 2.75) is 45.7 Å². The van der Waals surface area contributed by atoms with Gasteiger partial charge in [0.15, 0.2) is 0 Å². The van der Waals surface area contributed by atoms with Crippen LogP contribution in [0.3, 0.4) is 0 Å². The van der Waals surface area contributed by atoms with Gasteiger partial charge in [0, 0.05) is 51.0 Å². The number of hydrogen-bond acceptors (Lipinski definition) is 3. The molecule has 0 radical (unpaired) electrons. The fourth-order valence-corrected chi connectivity index (χ4v) is 2.80. The average molecular weight is 264 g/mol. The maximum atomic E-state index is 4.42. The number of aryl methyl sites for hydroxylation is 1. The van der Waals surface area contributed by atoms with Crippen LogP contribution in [0.1, 0.15) is 33.0 Å². The molecule has 0 aromatic carbocycles. The molecule has 1 aromatic rings. The summed E-state index contributed by atoms with van der Waals surface area (Å²) >= 11 is 0. The molecule has 0 saturated carbocycles. The van der Waals surface area contributed by atoms with Crippen LogP contribution in [0.4, 0.5) is 0 Å². The predicted octanol–water partition coefficient (Wildman–Crippen LogP) is 1.67. The van der Waals surface area contributed by atoms with Crippen molar-refractivity contribution in [2.24, 2.45) is 13.0 Å². The lowest BCUT2D eigenvalue weighted by Crippen LogP contribution is -2.43. The Morgan fingerprint density at radius 1 is 1.47 bits per heavy atom. The van der Waals surface area contributed by atoms with Crippen LogP contribution in [0.15, 0.2) is 12.4 Å². The Morgan fingerprint density at radius 2 is 2.26 bits per heavy atom. The first-order chi connectivity index (χ1) is 9.08. The highest BCUT2D eigenvalue weighted by atomic mass is 15.2. The van der Waals surface area contributed by atoms with Gasteiger partial charge in [-0.1, -0.05) is 13.8 Å². The Balaban J connectivity index is 1.94. The summed E-state index contributed by atoms with van der Waals surface area (Å²) in [5.74, 6) is 1.88. The van der Waals surface area contributed by atoms with Gasteiger partial charge in [-0.2, -0.15) is 0 Å². The molecule has 4 nitrogen and oxygen atoms in total. The van der Waals surface area contributed by atoms with Crippen LogP contribution in [0.2, 0.25) is 0 Å². The Hall–Kier alpha value is -0.870. The SMILES string of the molecule is CC(C)C1CN(CCc2nccn2C)C(C)CCN1. The van der Waals surface area contributed by atoms with E-state index in [9.17, 15) is 0 Å². The third-order valence-electron chi connectivity index (χ3n) is 4.37. The monoisotopic (exact) mass is 264 g/mol. The summed E-state index contributed by atoms with van der Waals surface area (Å²) in [5, 5.41) is 3.68. The van der Waals surface area contributed by atoms with E-state index in [-0.39, 0.29) is 0 Å². The minimum atomic E-state index is 0.617. The Bertz CT molecular complexity index is 385. The molecule has 1 N–H and O–H groups in total. The summed E-state index contributed by atoms with van der Waals surface area (Å²) in [5.41, 5.74) is 0. The molecule has 1 aliphatic heterocycles. The Kier molecular flexibility index (Phi) is 4.99. The molecule has 2 atom stereocenters. The van der Waals surface area contributed by atoms with Crippen molar-refractivity contribution >= 4 is 0 Å². The summed E-state index contributed by atoms with van der Waals surface area (Å²) in [6, 6.07) is 1.28. The van der Waals surface area contributed by atoms with E-state index in [0.29, 0.717) is 18.0 Å². The lowest BCUT2D eigenvalue weighted by atomic mass is 10.0. The molecule has 1 fully saturated rings. The summed E-state index contributed by atoms with van der Waals surface area (Å²) in [4.78, 5) is 7.05. The van der Waals surface area contributed by atoms with Crippen molar-refractivity contribution in [3.05, 3.63) is 18.2 Å². The number of rotatable bonds is 4. The van der Waals surface area contributed by atoms with Crippen LogP contribution in [0.5, 0.6) is 0 Å². The lowest BCUT2D eigenvalue weighted by Gasteiger charge is -2.30. The molecule has 0 bridgehead atoms. The van der Waals surface area contributed by atoms with Crippen molar-refractivity contribution in [1.82, 2.24) is 19.8 Å². The lowest BCUT2D eigenvalue weighted by molar-refractivity contribution is 0.193. The van der Waals surface area contributed by atoms with Gasteiger partial charge in [-0.05, 0) is 25.8 Å². The third kappa shape index (κ3) is 3.80. The topological polar surface area (TPSA) is 33.1 Å². The fraction of sp³-hybridized carbons (Fsp3) is 0.800. The molecule has 1 saturated heterocycles. The van der Waals surface area contributed by atoms with Gasteiger partial charge in [-0.15, -0.1) is 0 Å². The van der Waals surface area contributed by atoms with Crippen molar-refractivity contribution < 1.29 is 0 Å². The van der Waals surface area contributed by atoms with Crippen LogP contribution in [0.25, 0.3) is 0 Å². The summed E-state index contributed by atoms with van der Waals surface area (Å²) in [6.45, 7) is 10.4. The highest BCUT2D eigenvalue weighted by Crippen LogP contribution is 2.14. The van der Waals surface area contributed by atoms with E-state index in [0.717, 1.165) is 26.1 Å². The summed E-state index contributed by atoms with van der Waals surface area (Å²) in [6.07, 6.45) is 6.20. The number of aromatic nitrogens is 2. The molecule has 1 aromatic heterocycles. The molecule has 0 aliphatic carbocycles. The molecule has 2 unspecified atom stereocenters. The zero-order chi connectivity index (χ0) is 13.8. The molecule has 4 heteroatoms. The van der Waals surface area contributed by atoms with Gasteiger partial charge in [0.1, 0.15) is 5.82 Å². The van der Waals surface area contributed by atoms with Crippen LogP contribution in [0, 0.1) is 5.92 Å². The van der Waals surface area contributed by atoms with Gasteiger partial charge in [0.05, 0.1) is 0 Å². The van der Waals surface area contributed by atoms with Gasteiger partial charge in [0.2, 0.25) is 0 Å². The van der Waals surface area contributed by atoms with Gasteiger partial charge in [0.25, 0.3) is 0 Å². The second kappa shape index (κ2) is 6.53. The first kappa shape index (κ1) is 14.5. The zero-order valence-electron chi connectivity index (χ0n) is 12.8. The molecule has 0 spiro atoms.